The molecule has 6 heteroatoms. The molecule has 0 aliphatic carbocycles. The lowest BCUT2D eigenvalue weighted by molar-refractivity contribution is -0.135. The number of hydrogen-bond donors (Lipinski definition) is 0. The molecule has 3 rings (SSSR count). The van der Waals surface area contributed by atoms with Crippen LogP contribution in [0.4, 0.5) is 0 Å². The van der Waals surface area contributed by atoms with E-state index in [1.807, 2.05) is 60.7 Å². The summed E-state index contributed by atoms with van der Waals surface area (Å²) >= 11 is 9.37. The van der Waals surface area contributed by atoms with Crippen LogP contribution in [0.15, 0.2) is 83.3 Å². The topological polar surface area (TPSA) is 46.6 Å². The highest BCUT2D eigenvalue weighted by Crippen LogP contribution is 2.22. The van der Waals surface area contributed by atoms with Gasteiger partial charge in [-0.05, 0) is 29.3 Å². The van der Waals surface area contributed by atoms with Gasteiger partial charge in [-0.25, -0.2) is 4.79 Å². The van der Waals surface area contributed by atoms with E-state index in [-0.39, 0.29) is 23.1 Å². The molecule has 0 radical (unpaired) electrons. The van der Waals surface area contributed by atoms with Crippen LogP contribution in [0.25, 0.3) is 0 Å². The number of nitrogens with zero attached hydrogens (tertiary/aromatic N) is 1. The van der Waals surface area contributed by atoms with Crippen LogP contribution in [0.1, 0.15) is 21.5 Å². The van der Waals surface area contributed by atoms with Crippen LogP contribution in [0.2, 0.25) is 5.02 Å². The summed E-state index contributed by atoms with van der Waals surface area (Å²) in [4.78, 5) is 26.9. The first kappa shape index (κ1) is 21.1. The molecule has 0 bridgehead atoms. The molecular weight excluding hydrogens is 454 g/mol. The lowest BCUT2D eigenvalue weighted by atomic mass is 10.1. The molecule has 29 heavy (non-hydrogen) atoms. The van der Waals surface area contributed by atoms with Crippen molar-refractivity contribution >= 4 is 39.4 Å². The number of ether oxygens (including phenoxy) is 1. The Hall–Kier alpha value is -2.63. The second kappa shape index (κ2) is 10.2. The van der Waals surface area contributed by atoms with Gasteiger partial charge in [0.15, 0.2) is 6.61 Å². The van der Waals surface area contributed by atoms with Crippen molar-refractivity contribution in [1.29, 1.82) is 0 Å². The fourth-order valence-electron chi connectivity index (χ4n) is 2.79. The highest BCUT2D eigenvalue weighted by molar-refractivity contribution is 9.10. The van der Waals surface area contributed by atoms with Gasteiger partial charge in [0.25, 0.3) is 5.91 Å². The van der Waals surface area contributed by atoms with E-state index >= 15 is 0 Å². The van der Waals surface area contributed by atoms with Crippen molar-refractivity contribution < 1.29 is 14.3 Å². The van der Waals surface area contributed by atoms with Crippen molar-refractivity contribution in [3.63, 3.8) is 0 Å². The Labute approximate surface area is 183 Å². The Balaban J connectivity index is 1.70. The van der Waals surface area contributed by atoms with E-state index in [1.165, 1.54) is 0 Å². The third-order valence-corrected chi connectivity index (χ3v) is 5.08. The minimum Gasteiger partial charge on any atom is -0.452 e. The smallest absolute Gasteiger partial charge is 0.340 e. The van der Waals surface area contributed by atoms with Crippen molar-refractivity contribution in [3.8, 4) is 0 Å². The summed E-state index contributed by atoms with van der Waals surface area (Å²) in [5.74, 6) is -0.916. The fraction of sp³-hybridized carbons (Fsp3) is 0.130. The third-order valence-electron chi connectivity index (χ3n) is 4.26. The molecule has 0 N–H and O–H groups in total. The van der Waals surface area contributed by atoms with Gasteiger partial charge in [-0.15, -0.1) is 0 Å². The highest BCUT2D eigenvalue weighted by atomic mass is 79.9. The van der Waals surface area contributed by atoms with Crippen LogP contribution < -0.4 is 0 Å². The average Bonchev–Trinajstić information content (AvgIpc) is 2.74. The Morgan fingerprint density at radius 1 is 0.862 bits per heavy atom. The summed E-state index contributed by atoms with van der Waals surface area (Å²) in [6, 6.07) is 24.3. The second-order valence-electron chi connectivity index (χ2n) is 6.42. The molecule has 3 aromatic rings. The quantitative estimate of drug-likeness (QED) is 0.427. The SMILES string of the molecule is O=C(OCC(=O)N(Cc1ccccc1)Cc1ccccc1)c1cc(Br)ccc1Cl. The molecule has 0 heterocycles. The Kier molecular flexibility index (Phi) is 7.44. The van der Waals surface area contributed by atoms with E-state index in [4.69, 9.17) is 16.3 Å². The minimum absolute atomic E-state index is 0.214. The van der Waals surface area contributed by atoms with E-state index < -0.39 is 5.97 Å². The predicted molar refractivity (Wildman–Crippen MR) is 117 cm³/mol. The van der Waals surface area contributed by atoms with Crippen molar-refractivity contribution in [1.82, 2.24) is 4.90 Å². The second-order valence-corrected chi connectivity index (χ2v) is 7.74. The lowest BCUT2D eigenvalue weighted by Gasteiger charge is -2.23. The first-order valence-electron chi connectivity index (χ1n) is 9.01. The molecule has 0 fully saturated rings. The van der Waals surface area contributed by atoms with Crippen LogP contribution in [-0.2, 0) is 22.6 Å². The lowest BCUT2D eigenvalue weighted by Crippen LogP contribution is -2.34. The van der Waals surface area contributed by atoms with Crippen molar-refractivity contribution in [2.24, 2.45) is 0 Å². The zero-order valence-electron chi connectivity index (χ0n) is 15.6. The normalized spacial score (nSPS) is 10.4. The average molecular weight is 473 g/mol. The summed E-state index contributed by atoms with van der Waals surface area (Å²) in [6.07, 6.45) is 0. The van der Waals surface area contributed by atoms with Gasteiger partial charge in [0.1, 0.15) is 0 Å². The van der Waals surface area contributed by atoms with E-state index in [2.05, 4.69) is 15.9 Å². The van der Waals surface area contributed by atoms with Gasteiger partial charge in [-0.2, -0.15) is 0 Å². The number of halogens is 2. The standard InChI is InChI=1S/C23H19BrClNO3/c24-19-11-12-21(25)20(13-19)23(28)29-16-22(27)26(14-17-7-3-1-4-8-17)15-18-9-5-2-6-10-18/h1-13H,14-16H2. The number of rotatable bonds is 7. The van der Waals surface area contributed by atoms with E-state index in [0.717, 1.165) is 11.1 Å². The van der Waals surface area contributed by atoms with Crippen molar-refractivity contribution in [2.75, 3.05) is 6.61 Å². The number of esters is 1. The van der Waals surface area contributed by atoms with Crippen LogP contribution >= 0.6 is 27.5 Å². The summed E-state index contributed by atoms with van der Waals surface area (Å²) in [7, 11) is 0. The van der Waals surface area contributed by atoms with Crippen LogP contribution in [0.5, 0.6) is 0 Å². The maximum atomic E-state index is 12.8. The summed E-state index contributed by atoms with van der Waals surface area (Å²) in [5, 5.41) is 0.274. The molecule has 3 aromatic carbocycles. The Morgan fingerprint density at radius 3 is 1.97 bits per heavy atom. The molecule has 0 atom stereocenters. The molecule has 0 unspecified atom stereocenters. The highest BCUT2D eigenvalue weighted by Gasteiger charge is 2.19. The monoisotopic (exact) mass is 471 g/mol. The largest absolute Gasteiger partial charge is 0.452 e. The Morgan fingerprint density at radius 2 is 1.41 bits per heavy atom. The van der Waals surface area contributed by atoms with Gasteiger partial charge < -0.3 is 9.64 Å². The molecular formula is C23H19BrClNO3. The van der Waals surface area contributed by atoms with Gasteiger partial charge in [-0.3, -0.25) is 4.79 Å². The van der Waals surface area contributed by atoms with Gasteiger partial charge in [0, 0.05) is 17.6 Å². The first-order chi connectivity index (χ1) is 14.0. The molecule has 0 saturated carbocycles. The fourth-order valence-corrected chi connectivity index (χ4v) is 3.35. The maximum Gasteiger partial charge on any atom is 0.340 e. The van der Waals surface area contributed by atoms with Crippen LogP contribution in [0.3, 0.4) is 0 Å². The summed E-state index contributed by atoms with van der Waals surface area (Å²) in [5.41, 5.74) is 2.21. The molecule has 0 saturated heterocycles. The zero-order valence-corrected chi connectivity index (χ0v) is 17.9. The van der Waals surface area contributed by atoms with E-state index in [0.29, 0.717) is 17.6 Å². The number of hydrogen-bond acceptors (Lipinski definition) is 3. The molecule has 1 amide bonds. The molecule has 0 aliphatic heterocycles. The summed E-state index contributed by atoms with van der Waals surface area (Å²) in [6.45, 7) is 0.481. The van der Waals surface area contributed by atoms with E-state index in [1.54, 1.807) is 23.1 Å². The number of carbonyl (C=O) groups is 2. The third kappa shape index (κ3) is 6.17. The van der Waals surface area contributed by atoms with E-state index in [9.17, 15) is 9.59 Å². The molecule has 148 valence electrons. The minimum atomic E-state index is -0.635. The van der Waals surface area contributed by atoms with Crippen molar-refractivity contribution in [2.45, 2.75) is 13.1 Å². The molecule has 0 aromatic heterocycles. The van der Waals surface area contributed by atoms with Gasteiger partial charge in [-0.1, -0.05) is 88.2 Å². The number of amides is 1. The Bertz CT molecular complexity index is 938. The predicted octanol–water partition coefficient (Wildman–Crippen LogP) is 5.49. The first-order valence-corrected chi connectivity index (χ1v) is 10.2. The molecule has 0 spiro atoms. The molecule has 4 nitrogen and oxygen atoms in total. The number of benzene rings is 3. The summed E-state index contributed by atoms with van der Waals surface area (Å²) < 4.78 is 5.95. The van der Waals surface area contributed by atoms with Gasteiger partial charge >= 0.3 is 5.97 Å². The number of carbonyl (C=O) groups excluding carboxylic acids is 2. The maximum absolute atomic E-state index is 12.8. The van der Waals surface area contributed by atoms with Crippen LogP contribution in [0, 0.1) is 0 Å². The van der Waals surface area contributed by atoms with Gasteiger partial charge in [0.2, 0.25) is 0 Å². The van der Waals surface area contributed by atoms with Crippen molar-refractivity contribution in [3.05, 3.63) is 105 Å². The van der Waals surface area contributed by atoms with Crippen LogP contribution in [-0.4, -0.2) is 23.4 Å². The van der Waals surface area contributed by atoms with Gasteiger partial charge in [0.05, 0.1) is 10.6 Å². The zero-order chi connectivity index (χ0) is 20.6. The molecule has 0 aliphatic rings.